The largest absolute Gasteiger partial charge is 0.306 e. The van der Waals surface area contributed by atoms with Crippen molar-refractivity contribution in [3.8, 4) is 0 Å². The molecule has 1 aromatic heterocycles. The van der Waals surface area contributed by atoms with Crippen molar-refractivity contribution in [2.24, 2.45) is 5.41 Å². The molecular formula is C8H15N5. The van der Waals surface area contributed by atoms with Gasteiger partial charge in [0.05, 0.1) is 6.54 Å². The van der Waals surface area contributed by atoms with Crippen molar-refractivity contribution in [3.63, 3.8) is 0 Å². The first-order valence-electron chi connectivity index (χ1n) is 4.64. The Labute approximate surface area is 77.3 Å². The molecule has 2 N–H and O–H groups in total. The molecule has 0 aromatic carbocycles. The number of hydrogen-bond donors (Lipinski definition) is 2. The Bertz CT molecular complexity index is 266. The van der Waals surface area contributed by atoms with E-state index in [-0.39, 0.29) is 0 Å². The van der Waals surface area contributed by atoms with Crippen LogP contribution in [0.1, 0.15) is 32.5 Å². The zero-order valence-electron chi connectivity index (χ0n) is 8.04. The fourth-order valence-corrected chi connectivity index (χ4v) is 1.72. The Hall–Kier alpha value is -0.970. The molecule has 0 amide bonds. The van der Waals surface area contributed by atoms with Gasteiger partial charge in [-0.05, 0) is 18.3 Å². The van der Waals surface area contributed by atoms with Crippen LogP contribution < -0.4 is 5.32 Å². The molecule has 1 aromatic rings. The number of H-pyrrole nitrogens is 1. The minimum absolute atomic E-state index is 0.434. The maximum atomic E-state index is 3.88. The zero-order valence-corrected chi connectivity index (χ0v) is 8.04. The van der Waals surface area contributed by atoms with Gasteiger partial charge in [-0.25, -0.2) is 0 Å². The summed E-state index contributed by atoms with van der Waals surface area (Å²) in [4.78, 5) is 0. The van der Waals surface area contributed by atoms with Gasteiger partial charge < -0.3 is 5.32 Å². The summed E-state index contributed by atoms with van der Waals surface area (Å²) in [6.07, 6.45) is 2.56. The zero-order chi connectivity index (χ0) is 9.31. The van der Waals surface area contributed by atoms with Crippen LogP contribution in [0.15, 0.2) is 0 Å². The van der Waals surface area contributed by atoms with E-state index < -0.39 is 0 Å². The highest BCUT2D eigenvalue weighted by molar-refractivity contribution is 4.94. The number of rotatable bonds is 3. The van der Waals surface area contributed by atoms with E-state index in [9.17, 15) is 0 Å². The molecule has 1 fully saturated rings. The molecule has 1 saturated carbocycles. The van der Waals surface area contributed by atoms with Gasteiger partial charge in [-0.15, -0.1) is 10.2 Å². The van der Waals surface area contributed by atoms with E-state index in [4.69, 9.17) is 0 Å². The van der Waals surface area contributed by atoms with Crippen LogP contribution in [0.4, 0.5) is 0 Å². The van der Waals surface area contributed by atoms with Crippen LogP contribution in [0, 0.1) is 5.41 Å². The molecule has 5 nitrogen and oxygen atoms in total. The van der Waals surface area contributed by atoms with E-state index in [0.29, 0.717) is 18.0 Å². The van der Waals surface area contributed by atoms with E-state index in [2.05, 4.69) is 39.8 Å². The summed E-state index contributed by atoms with van der Waals surface area (Å²) in [7, 11) is 0. The molecule has 1 aliphatic rings. The molecule has 2 rings (SSSR count). The Kier molecular flexibility index (Phi) is 2.03. The molecule has 0 saturated heterocycles. The molecule has 0 aliphatic heterocycles. The van der Waals surface area contributed by atoms with Crippen LogP contribution in [0.5, 0.6) is 0 Å². The highest BCUT2D eigenvalue weighted by atomic mass is 15.5. The van der Waals surface area contributed by atoms with E-state index in [1.165, 1.54) is 12.8 Å². The number of nitrogens with one attached hydrogen (secondary N) is 2. The molecule has 13 heavy (non-hydrogen) atoms. The average Bonchev–Trinajstić information content (AvgIpc) is 2.55. The van der Waals surface area contributed by atoms with Crippen LogP contribution in [0.2, 0.25) is 0 Å². The third-order valence-electron chi connectivity index (χ3n) is 2.92. The fourth-order valence-electron chi connectivity index (χ4n) is 1.72. The molecule has 0 spiro atoms. The molecule has 1 unspecified atom stereocenters. The van der Waals surface area contributed by atoms with Crippen molar-refractivity contribution in [2.75, 3.05) is 0 Å². The minimum atomic E-state index is 0.434. The van der Waals surface area contributed by atoms with E-state index in [1.807, 2.05) is 0 Å². The SMILES string of the molecule is CC1(C)CCC1NCc1nn[nH]n1. The predicted molar refractivity (Wildman–Crippen MR) is 47.8 cm³/mol. The van der Waals surface area contributed by atoms with Gasteiger partial charge in [-0.2, -0.15) is 5.21 Å². The number of tetrazole rings is 1. The summed E-state index contributed by atoms with van der Waals surface area (Å²) in [6, 6.07) is 0.603. The molecule has 0 bridgehead atoms. The Morgan fingerprint density at radius 1 is 1.62 bits per heavy atom. The minimum Gasteiger partial charge on any atom is -0.306 e. The number of aromatic amines is 1. The first-order chi connectivity index (χ1) is 6.18. The molecule has 5 heteroatoms. The Morgan fingerprint density at radius 3 is 2.92 bits per heavy atom. The van der Waals surface area contributed by atoms with Crippen molar-refractivity contribution >= 4 is 0 Å². The van der Waals surface area contributed by atoms with Crippen molar-refractivity contribution < 1.29 is 0 Å². The van der Waals surface area contributed by atoms with Gasteiger partial charge in [0.2, 0.25) is 0 Å². The van der Waals surface area contributed by atoms with Gasteiger partial charge in [-0.1, -0.05) is 19.1 Å². The standard InChI is InChI=1S/C8H15N5/c1-8(2)4-3-6(8)9-5-7-10-12-13-11-7/h6,9H,3-5H2,1-2H3,(H,10,11,12,13). The van der Waals surface area contributed by atoms with Crippen LogP contribution >= 0.6 is 0 Å². The summed E-state index contributed by atoms with van der Waals surface area (Å²) >= 11 is 0. The lowest BCUT2D eigenvalue weighted by molar-refractivity contribution is 0.107. The predicted octanol–water partition coefficient (Wildman–Crippen LogP) is 0.478. The van der Waals surface area contributed by atoms with Crippen LogP contribution in [-0.4, -0.2) is 26.7 Å². The summed E-state index contributed by atoms with van der Waals surface area (Å²) in [5, 5.41) is 17.1. The second-order valence-corrected chi connectivity index (χ2v) is 4.29. The number of aromatic nitrogens is 4. The van der Waals surface area contributed by atoms with Gasteiger partial charge in [-0.3, -0.25) is 0 Å². The molecule has 0 radical (unpaired) electrons. The maximum Gasteiger partial charge on any atom is 0.188 e. The van der Waals surface area contributed by atoms with Crippen LogP contribution in [0.3, 0.4) is 0 Å². The summed E-state index contributed by atoms with van der Waals surface area (Å²) in [6.45, 7) is 5.28. The quantitative estimate of drug-likeness (QED) is 0.711. The Balaban J connectivity index is 1.81. The summed E-state index contributed by atoms with van der Waals surface area (Å²) < 4.78 is 0. The first kappa shape index (κ1) is 8.62. The lowest BCUT2D eigenvalue weighted by Crippen LogP contribution is -2.49. The van der Waals surface area contributed by atoms with E-state index in [0.717, 1.165) is 5.82 Å². The third-order valence-corrected chi connectivity index (χ3v) is 2.92. The molecular weight excluding hydrogens is 166 g/mol. The lowest BCUT2D eigenvalue weighted by Gasteiger charge is -2.44. The molecule has 1 aliphatic carbocycles. The van der Waals surface area contributed by atoms with Crippen LogP contribution in [0.25, 0.3) is 0 Å². The molecule has 1 atom stereocenters. The lowest BCUT2D eigenvalue weighted by atomic mass is 9.67. The van der Waals surface area contributed by atoms with Gasteiger partial charge in [0, 0.05) is 6.04 Å². The average molecular weight is 181 g/mol. The van der Waals surface area contributed by atoms with E-state index in [1.54, 1.807) is 0 Å². The van der Waals surface area contributed by atoms with Crippen molar-refractivity contribution in [1.29, 1.82) is 0 Å². The van der Waals surface area contributed by atoms with Gasteiger partial charge in [0.1, 0.15) is 0 Å². The van der Waals surface area contributed by atoms with Gasteiger partial charge >= 0.3 is 0 Å². The second kappa shape index (κ2) is 3.06. The topological polar surface area (TPSA) is 66.5 Å². The highest BCUT2D eigenvalue weighted by Crippen LogP contribution is 2.39. The number of hydrogen-bond acceptors (Lipinski definition) is 4. The monoisotopic (exact) mass is 181 g/mol. The van der Waals surface area contributed by atoms with Crippen molar-refractivity contribution in [3.05, 3.63) is 5.82 Å². The van der Waals surface area contributed by atoms with Gasteiger partial charge in [0.15, 0.2) is 5.82 Å². The maximum absolute atomic E-state index is 3.88. The fraction of sp³-hybridized carbons (Fsp3) is 0.875. The summed E-state index contributed by atoms with van der Waals surface area (Å²) in [5.74, 6) is 0.739. The second-order valence-electron chi connectivity index (χ2n) is 4.29. The number of nitrogens with zero attached hydrogens (tertiary/aromatic N) is 3. The smallest absolute Gasteiger partial charge is 0.188 e. The van der Waals surface area contributed by atoms with Crippen molar-refractivity contribution in [1.82, 2.24) is 25.9 Å². The Morgan fingerprint density at radius 2 is 2.46 bits per heavy atom. The van der Waals surface area contributed by atoms with E-state index >= 15 is 0 Å². The summed E-state index contributed by atoms with van der Waals surface area (Å²) in [5.41, 5.74) is 0.434. The van der Waals surface area contributed by atoms with Crippen molar-refractivity contribution in [2.45, 2.75) is 39.3 Å². The third kappa shape index (κ3) is 1.70. The molecule has 72 valence electrons. The first-order valence-corrected chi connectivity index (χ1v) is 4.64. The highest BCUT2D eigenvalue weighted by Gasteiger charge is 2.37. The van der Waals surface area contributed by atoms with Crippen LogP contribution in [-0.2, 0) is 6.54 Å². The molecule has 1 heterocycles. The normalized spacial score (nSPS) is 25.5. The van der Waals surface area contributed by atoms with Gasteiger partial charge in [0.25, 0.3) is 0 Å².